The fourth-order valence-corrected chi connectivity index (χ4v) is 1.88. The van der Waals surface area contributed by atoms with Crippen LogP contribution < -0.4 is 10.6 Å². The van der Waals surface area contributed by atoms with Gasteiger partial charge in [-0.15, -0.1) is 0 Å². The van der Waals surface area contributed by atoms with Gasteiger partial charge in [0.25, 0.3) is 0 Å². The fourth-order valence-electron chi connectivity index (χ4n) is 1.49. The molecule has 0 heterocycles. The normalized spacial score (nSPS) is 10.0. The van der Waals surface area contributed by atoms with E-state index in [9.17, 15) is 4.79 Å². The number of hydrogen-bond donors (Lipinski definition) is 2. The maximum atomic E-state index is 11.7. The van der Waals surface area contributed by atoms with E-state index >= 15 is 0 Å². The average molecular weight is 340 g/mol. The van der Waals surface area contributed by atoms with E-state index in [-0.39, 0.29) is 12.5 Å². The SMILES string of the molecule is O=C(CNc1ccc(Br)cc1)Nc1ccc(Cl)cc1. The molecule has 0 aliphatic rings. The first-order valence-corrected chi connectivity index (χ1v) is 6.85. The molecule has 0 fully saturated rings. The molecule has 1 amide bonds. The van der Waals surface area contributed by atoms with Crippen LogP contribution in [0.1, 0.15) is 0 Å². The number of hydrogen-bond acceptors (Lipinski definition) is 2. The molecule has 2 aromatic rings. The zero-order chi connectivity index (χ0) is 13.7. The lowest BCUT2D eigenvalue weighted by Gasteiger charge is -2.08. The highest BCUT2D eigenvalue weighted by Gasteiger charge is 2.02. The Bertz CT molecular complexity index is 555. The summed E-state index contributed by atoms with van der Waals surface area (Å²) in [6.07, 6.45) is 0. The lowest BCUT2D eigenvalue weighted by molar-refractivity contribution is -0.114. The minimum atomic E-state index is -0.106. The number of halogens is 2. The second-order valence-corrected chi connectivity index (χ2v) is 5.27. The summed E-state index contributed by atoms with van der Waals surface area (Å²) in [5.74, 6) is -0.106. The van der Waals surface area contributed by atoms with Crippen LogP contribution in [0.2, 0.25) is 5.02 Å². The lowest BCUT2D eigenvalue weighted by Crippen LogP contribution is -2.21. The number of nitrogens with one attached hydrogen (secondary N) is 2. The molecule has 0 spiro atoms. The van der Waals surface area contributed by atoms with Gasteiger partial charge >= 0.3 is 0 Å². The number of rotatable bonds is 4. The summed E-state index contributed by atoms with van der Waals surface area (Å²) < 4.78 is 1.00. The van der Waals surface area contributed by atoms with Crippen LogP contribution in [0, 0.1) is 0 Å². The number of carbonyl (C=O) groups excluding carboxylic acids is 1. The first-order chi connectivity index (χ1) is 9.13. The molecule has 0 unspecified atom stereocenters. The molecule has 2 aromatic carbocycles. The van der Waals surface area contributed by atoms with Gasteiger partial charge in [-0.2, -0.15) is 0 Å². The zero-order valence-corrected chi connectivity index (χ0v) is 12.3. The highest BCUT2D eigenvalue weighted by atomic mass is 79.9. The quantitative estimate of drug-likeness (QED) is 0.878. The maximum absolute atomic E-state index is 11.7. The van der Waals surface area contributed by atoms with Gasteiger partial charge in [0.05, 0.1) is 6.54 Å². The molecule has 0 saturated carbocycles. The van der Waals surface area contributed by atoms with Gasteiger partial charge in [0, 0.05) is 20.9 Å². The summed E-state index contributed by atoms with van der Waals surface area (Å²) in [5, 5.41) is 6.47. The van der Waals surface area contributed by atoms with Gasteiger partial charge in [-0.3, -0.25) is 4.79 Å². The molecule has 98 valence electrons. The van der Waals surface area contributed by atoms with Crippen molar-refractivity contribution in [3.63, 3.8) is 0 Å². The van der Waals surface area contributed by atoms with E-state index in [4.69, 9.17) is 11.6 Å². The summed E-state index contributed by atoms with van der Waals surface area (Å²) in [7, 11) is 0. The topological polar surface area (TPSA) is 41.1 Å². The number of carbonyl (C=O) groups is 1. The molecule has 0 atom stereocenters. The first kappa shape index (κ1) is 13.9. The van der Waals surface area contributed by atoms with Crippen LogP contribution in [0.15, 0.2) is 53.0 Å². The Hall–Kier alpha value is -1.52. The molecule has 0 saturated heterocycles. The van der Waals surface area contributed by atoms with Crippen molar-refractivity contribution in [2.45, 2.75) is 0 Å². The minimum Gasteiger partial charge on any atom is -0.376 e. The molecule has 0 aromatic heterocycles. The summed E-state index contributed by atoms with van der Waals surface area (Å²) >= 11 is 9.13. The van der Waals surface area contributed by atoms with Gasteiger partial charge in [-0.25, -0.2) is 0 Å². The van der Waals surface area contributed by atoms with Crippen LogP contribution in [-0.2, 0) is 4.79 Å². The van der Waals surface area contributed by atoms with Crippen LogP contribution in [0.25, 0.3) is 0 Å². The van der Waals surface area contributed by atoms with Crippen molar-refractivity contribution in [1.29, 1.82) is 0 Å². The largest absolute Gasteiger partial charge is 0.376 e. The summed E-state index contributed by atoms with van der Waals surface area (Å²) in [6.45, 7) is 0.213. The minimum absolute atomic E-state index is 0.106. The Morgan fingerprint density at radius 1 is 1.00 bits per heavy atom. The molecule has 5 heteroatoms. The summed E-state index contributed by atoms with van der Waals surface area (Å²) in [5.41, 5.74) is 1.63. The van der Waals surface area contributed by atoms with Crippen molar-refractivity contribution in [1.82, 2.24) is 0 Å². The molecular weight excluding hydrogens is 328 g/mol. The highest BCUT2D eigenvalue weighted by molar-refractivity contribution is 9.10. The maximum Gasteiger partial charge on any atom is 0.243 e. The second kappa shape index (κ2) is 6.59. The Morgan fingerprint density at radius 2 is 1.58 bits per heavy atom. The van der Waals surface area contributed by atoms with Gasteiger partial charge in [-0.1, -0.05) is 27.5 Å². The van der Waals surface area contributed by atoms with Crippen molar-refractivity contribution in [2.24, 2.45) is 0 Å². The van der Waals surface area contributed by atoms with Crippen LogP contribution in [-0.4, -0.2) is 12.5 Å². The Labute approximate surface area is 125 Å². The number of amides is 1. The third-order valence-electron chi connectivity index (χ3n) is 2.43. The zero-order valence-electron chi connectivity index (χ0n) is 9.99. The van der Waals surface area contributed by atoms with Crippen LogP contribution in [0.5, 0.6) is 0 Å². The monoisotopic (exact) mass is 338 g/mol. The van der Waals surface area contributed by atoms with Crippen LogP contribution in [0.3, 0.4) is 0 Å². The Balaban J connectivity index is 1.84. The molecule has 0 aliphatic carbocycles. The van der Waals surface area contributed by atoms with E-state index in [2.05, 4.69) is 26.6 Å². The van der Waals surface area contributed by atoms with Gasteiger partial charge in [0.15, 0.2) is 0 Å². The molecule has 3 nitrogen and oxygen atoms in total. The van der Waals surface area contributed by atoms with Crippen molar-refractivity contribution in [2.75, 3.05) is 17.2 Å². The molecule has 2 rings (SSSR count). The van der Waals surface area contributed by atoms with Crippen LogP contribution >= 0.6 is 27.5 Å². The van der Waals surface area contributed by atoms with Crippen molar-refractivity contribution in [3.05, 3.63) is 58.0 Å². The Kier molecular flexibility index (Phi) is 4.82. The standard InChI is InChI=1S/C14H12BrClN2O/c15-10-1-5-12(6-2-10)17-9-14(19)18-13-7-3-11(16)4-8-13/h1-8,17H,9H2,(H,18,19). The predicted molar refractivity (Wildman–Crippen MR) is 82.7 cm³/mol. The van der Waals surface area contributed by atoms with Gasteiger partial charge in [0.2, 0.25) is 5.91 Å². The van der Waals surface area contributed by atoms with E-state index in [0.717, 1.165) is 15.8 Å². The van der Waals surface area contributed by atoms with E-state index in [0.29, 0.717) is 5.02 Å². The van der Waals surface area contributed by atoms with Crippen molar-refractivity contribution in [3.8, 4) is 0 Å². The van der Waals surface area contributed by atoms with E-state index < -0.39 is 0 Å². The van der Waals surface area contributed by atoms with E-state index in [1.54, 1.807) is 24.3 Å². The third-order valence-corrected chi connectivity index (χ3v) is 3.21. The second-order valence-electron chi connectivity index (χ2n) is 3.92. The summed E-state index contributed by atoms with van der Waals surface area (Å²) in [4.78, 5) is 11.7. The van der Waals surface area contributed by atoms with E-state index in [1.807, 2.05) is 24.3 Å². The summed E-state index contributed by atoms with van der Waals surface area (Å²) in [6, 6.07) is 14.6. The number of anilines is 2. The molecule has 0 radical (unpaired) electrons. The van der Waals surface area contributed by atoms with Crippen molar-refractivity contribution >= 4 is 44.8 Å². The molecule has 0 bridgehead atoms. The van der Waals surface area contributed by atoms with Crippen molar-refractivity contribution < 1.29 is 4.79 Å². The van der Waals surface area contributed by atoms with Gasteiger partial charge in [-0.05, 0) is 48.5 Å². The molecule has 2 N–H and O–H groups in total. The van der Waals surface area contributed by atoms with Gasteiger partial charge in [0.1, 0.15) is 0 Å². The van der Waals surface area contributed by atoms with Gasteiger partial charge < -0.3 is 10.6 Å². The third kappa shape index (κ3) is 4.58. The fraction of sp³-hybridized carbons (Fsp3) is 0.0714. The smallest absolute Gasteiger partial charge is 0.243 e. The average Bonchev–Trinajstić information content (AvgIpc) is 2.41. The Morgan fingerprint density at radius 3 is 2.21 bits per heavy atom. The molecular formula is C14H12BrClN2O. The molecule has 19 heavy (non-hydrogen) atoms. The van der Waals surface area contributed by atoms with Crippen LogP contribution in [0.4, 0.5) is 11.4 Å². The predicted octanol–water partition coefficient (Wildman–Crippen LogP) is 4.15. The highest BCUT2D eigenvalue weighted by Crippen LogP contribution is 2.15. The lowest BCUT2D eigenvalue weighted by atomic mass is 10.3. The van der Waals surface area contributed by atoms with E-state index in [1.165, 1.54) is 0 Å². The first-order valence-electron chi connectivity index (χ1n) is 5.68. The number of benzene rings is 2. The molecule has 0 aliphatic heterocycles.